The highest BCUT2D eigenvalue weighted by atomic mass is 35.5. The summed E-state index contributed by atoms with van der Waals surface area (Å²) in [6, 6.07) is 19.4. The maximum Gasteiger partial charge on any atom is 0.255 e. The second-order valence-corrected chi connectivity index (χ2v) is 9.62. The number of benzene rings is 3. The number of carbonyl (C=O) groups excluding carboxylic acids is 1. The van der Waals surface area contributed by atoms with Crippen LogP contribution in [0.15, 0.2) is 66.7 Å². The standard InChI is InChI=1S/C23H23ClN2O3S/c1-16-12-17(2)14-22(13-16)26(30(3,28)29)15-18-4-6-19(7-5-18)23(27)25-21-10-8-20(24)9-11-21/h4-14H,15H2,1-3H3,(H,25,27). The Morgan fingerprint density at radius 1 is 0.933 bits per heavy atom. The van der Waals surface area contributed by atoms with Crippen molar-refractivity contribution >= 4 is 38.9 Å². The second kappa shape index (κ2) is 8.90. The van der Waals surface area contributed by atoms with E-state index in [0.29, 0.717) is 22.0 Å². The molecule has 0 atom stereocenters. The van der Waals surface area contributed by atoms with Gasteiger partial charge in [-0.25, -0.2) is 8.42 Å². The molecule has 0 spiro atoms. The smallest absolute Gasteiger partial charge is 0.255 e. The number of rotatable bonds is 6. The molecule has 156 valence electrons. The first-order chi connectivity index (χ1) is 14.1. The van der Waals surface area contributed by atoms with Crippen molar-refractivity contribution in [2.75, 3.05) is 15.9 Å². The van der Waals surface area contributed by atoms with Gasteiger partial charge in [0.25, 0.3) is 5.91 Å². The summed E-state index contributed by atoms with van der Waals surface area (Å²) in [7, 11) is -3.48. The van der Waals surface area contributed by atoms with E-state index in [1.165, 1.54) is 10.6 Å². The van der Waals surface area contributed by atoms with Crippen molar-refractivity contribution in [3.05, 3.63) is 94.0 Å². The van der Waals surface area contributed by atoms with E-state index >= 15 is 0 Å². The summed E-state index contributed by atoms with van der Waals surface area (Å²) in [6.07, 6.45) is 1.19. The van der Waals surface area contributed by atoms with E-state index in [-0.39, 0.29) is 12.5 Å². The van der Waals surface area contributed by atoms with Crippen molar-refractivity contribution in [2.24, 2.45) is 0 Å². The maximum absolute atomic E-state index is 12.4. The average molecular weight is 443 g/mol. The van der Waals surface area contributed by atoms with Gasteiger partial charge in [0.2, 0.25) is 10.0 Å². The summed E-state index contributed by atoms with van der Waals surface area (Å²) in [5, 5.41) is 3.40. The molecule has 0 aromatic heterocycles. The van der Waals surface area contributed by atoms with Gasteiger partial charge in [0.05, 0.1) is 18.5 Å². The summed E-state index contributed by atoms with van der Waals surface area (Å²) in [4.78, 5) is 12.4. The van der Waals surface area contributed by atoms with Gasteiger partial charge in [-0.2, -0.15) is 0 Å². The highest BCUT2D eigenvalue weighted by molar-refractivity contribution is 7.92. The third-order valence-corrected chi connectivity index (χ3v) is 5.93. The Balaban J connectivity index is 1.78. The predicted octanol–water partition coefficient (Wildman–Crippen LogP) is 5.18. The quantitative estimate of drug-likeness (QED) is 0.572. The van der Waals surface area contributed by atoms with Crippen LogP contribution in [0.25, 0.3) is 0 Å². The largest absolute Gasteiger partial charge is 0.322 e. The lowest BCUT2D eigenvalue weighted by Gasteiger charge is -2.23. The normalized spacial score (nSPS) is 11.2. The summed E-state index contributed by atoms with van der Waals surface area (Å²) >= 11 is 5.86. The SMILES string of the molecule is Cc1cc(C)cc(N(Cc2ccc(C(=O)Nc3ccc(Cl)cc3)cc2)S(C)(=O)=O)c1. The number of amides is 1. The Morgan fingerprint density at radius 2 is 1.50 bits per heavy atom. The van der Waals surface area contributed by atoms with E-state index in [1.807, 2.05) is 32.0 Å². The number of nitrogens with one attached hydrogen (secondary N) is 1. The van der Waals surface area contributed by atoms with Gasteiger partial charge in [-0.1, -0.05) is 29.8 Å². The molecule has 5 nitrogen and oxygen atoms in total. The van der Waals surface area contributed by atoms with Crippen molar-refractivity contribution in [3.8, 4) is 0 Å². The first-order valence-corrected chi connectivity index (χ1v) is 11.6. The van der Waals surface area contributed by atoms with Crippen molar-refractivity contribution in [2.45, 2.75) is 20.4 Å². The first-order valence-electron chi connectivity index (χ1n) is 9.34. The van der Waals surface area contributed by atoms with Gasteiger partial charge in [-0.15, -0.1) is 0 Å². The number of carbonyl (C=O) groups is 1. The maximum atomic E-state index is 12.4. The zero-order chi connectivity index (χ0) is 21.9. The average Bonchev–Trinajstić information content (AvgIpc) is 2.66. The van der Waals surface area contributed by atoms with Crippen LogP contribution in [0, 0.1) is 13.8 Å². The Labute approximate surface area is 182 Å². The van der Waals surface area contributed by atoms with E-state index in [4.69, 9.17) is 11.6 Å². The van der Waals surface area contributed by atoms with Gasteiger partial charge in [0.15, 0.2) is 0 Å². The third-order valence-electron chi connectivity index (χ3n) is 4.54. The number of anilines is 2. The predicted molar refractivity (Wildman–Crippen MR) is 123 cm³/mol. The summed E-state index contributed by atoms with van der Waals surface area (Å²) in [5.41, 5.74) is 4.51. The zero-order valence-electron chi connectivity index (χ0n) is 17.0. The molecule has 0 aliphatic heterocycles. The minimum absolute atomic E-state index is 0.181. The van der Waals surface area contributed by atoms with E-state index in [1.54, 1.807) is 48.5 Å². The zero-order valence-corrected chi connectivity index (χ0v) is 18.6. The van der Waals surface area contributed by atoms with Crippen LogP contribution < -0.4 is 9.62 Å². The highest BCUT2D eigenvalue weighted by Crippen LogP contribution is 2.24. The minimum Gasteiger partial charge on any atom is -0.322 e. The van der Waals surface area contributed by atoms with Crippen LogP contribution in [0.5, 0.6) is 0 Å². The molecule has 3 aromatic carbocycles. The van der Waals surface area contributed by atoms with Crippen molar-refractivity contribution in [1.82, 2.24) is 0 Å². The van der Waals surface area contributed by atoms with Crippen LogP contribution in [0.2, 0.25) is 5.02 Å². The summed E-state index contributed by atoms with van der Waals surface area (Å²) in [5.74, 6) is -0.252. The number of halogens is 1. The van der Waals surface area contributed by atoms with Gasteiger partial charge < -0.3 is 5.32 Å². The molecule has 1 amide bonds. The van der Waals surface area contributed by atoms with E-state index in [0.717, 1.165) is 16.7 Å². The fraction of sp³-hybridized carbons (Fsp3) is 0.174. The monoisotopic (exact) mass is 442 g/mol. The summed E-state index contributed by atoms with van der Waals surface area (Å²) in [6.45, 7) is 4.05. The van der Waals surface area contributed by atoms with Crippen molar-refractivity contribution < 1.29 is 13.2 Å². The van der Waals surface area contributed by atoms with Crippen molar-refractivity contribution in [1.29, 1.82) is 0 Å². The van der Waals surface area contributed by atoms with Crippen LogP contribution in [0.1, 0.15) is 27.0 Å². The molecule has 0 aliphatic carbocycles. The van der Waals surface area contributed by atoms with Gasteiger partial charge in [-0.3, -0.25) is 9.10 Å². The molecule has 0 unspecified atom stereocenters. The summed E-state index contributed by atoms with van der Waals surface area (Å²) < 4.78 is 26.2. The lowest BCUT2D eigenvalue weighted by molar-refractivity contribution is 0.102. The molecule has 3 aromatic rings. The van der Waals surface area contributed by atoms with E-state index in [2.05, 4.69) is 5.32 Å². The van der Waals surface area contributed by atoms with Gasteiger partial charge in [0, 0.05) is 16.3 Å². The number of hydrogen-bond donors (Lipinski definition) is 1. The molecule has 0 bridgehead atoms. The Kier molecular flexibility index (Phi) is 6.48. The third kappa shape index (κ3) is 5.62. The second-order valence-electron chi connectivity index (χ2n) is 7.27. The van der Waals surface area contributed by atoms with E-state index < -0.39 is 10.0 Å². The Hall–Kier alpha value is -2.83. The Morgan fingerprint density at radius 3 is 2.03 bits per heavy atom. The molecular weight excluding hydrogens is 420 g/mol. The molecule has 3 rings (SSSR count). The molecule has 0 fully saturated rings. The van der Waals surface area contributed by atoms with Gasteiger partial charge in [0.1, 0.15) is 0 Å². The lowest BCUT2D eigenvalue weighted by atomic mass is 10.1. The highest BCUT2D eigenvalue weighted by Gasteiger charge is 2.19. The Bertz CT molecular complexity index is 1140. The number of hydrogen-bond acceptors (Lipinski definition) is 3. The first kappa shape index (κ1) is 21.9. The molecule has 0 aliphatic rings. The topological polar surface area (TPSA) is 66.5 Å². The molecule has 1 N–H and O–H groups in total. The molecule has 7 heteroatoms. The lowest BCUT2D eigenvalue weighted by Crippen LogP contribution is -2.29. The van der Waals surface area contributed by atoms with Crippen LogP contribution >= 0.6 is 11.6 Å². The van der Waals surface area contributed by atoms with Crippen LogP contribution in [-0.2, 0) is 16.6 Å². The molecule has 0 saturated heterocycles. The molecule has 30 heavy (non-hydrogen) atoms. The number of nitrogens with zero attached hydrogens (tertiary/aromatic N) is 1. The molecule has 0 radical (unpaired) electrons. The fourth-order valence-electron chi connectivity index (χ4n) is 3.16. The van der Waals surface area contributed by atoms with Gasteiger partial charge >= 0.3 is 0 Å². The minimum atomic E-state index is -3.48. The molecular formula is C23H23ClN2O3S. The van der Waals surface area contributed by atoms with Crippen molar-refractivity contribution in [3.63, 3.8) is 0 Å². The fourth-order valence-corrected chi connectivity index (χ4v) is 4.16. The number of aryl methyl sites for hydroxylation is 2. The van der Waals surface area contributed by atoms with Crippen LogP contribution in [0.3, 0.4) is 0 Å². The van der Waals surface area contributed by atoms with Crippen LogP contribution in [0.4, 0.5) is 11.4 Å². The van der Waals surface area contributed by atoms with Gasteiger partial charge in [-0.05, 0) is 79.1 Å². The molecule has 0 heterocycles. The van der Waals surface area contributed by atoms with E-state index in [9.17, 15) is 13.2 Å². The number of sulfonamides is 1. The van der Waals surface area contributed by atoms with Crippen LogP contribution in [-0.4, -0.2) is 20.6 Å². The molecule has 0 saturated carbocycles.